The largest absolute Gasteiger partial charge is 0.393 e. The van der Waals surface area contributed by atoms with Crippen LogP contribution < -0.4 is 0 Å². The molecule has 1 heterocycles. The summed E-state index contributed by atoms with van der Waals surface area (Å²) in [5.74, 6) is 0.227. The van der Waals surface area contributed by atoms with Gasteiger partial charge < -0.3 is 14.9 Å². The molecule has 2 fully saturated rings. The van der Waals surface area contributed by atoms with E-state index in [1.54, 1.807) is 11.3 Å². The number of aliphatic hydroxyl groups is 2. The molecule has 3 nitrogen and oxygen atoms in total. The molecule has 5 unspecified atom stereocenters. The number of ether oxygens (including phenoxy) is 1. The van der Waals surface area contributed by atoms with Crippen molar-refractivity contribution >= 4 is 11.3 Å². The maximum absolute atomic E-state index is 10.4. The van der Waals surface area contributed by atoms with E-state index >= 15 is 0 Å². The molecular weight excluding hydrogens is 284 g/mol. The number of thiophene rings is 1. The van der Waals surface area contributed by atoms with Gasteiger partial charge in [-0.25, -0.2) is 0 Å². The smallest absolute Gasteiger partial charge is 0.0876 e. The molecule has 0 spiro atoms. The van der Waals surface area contributed by atoms with Gasteiger partial charge in [-0.3, -0.25) is 0 Å². The zero-order valence-corrected chi connectivity index (χ0v) is 13.3. The van der Waals surface area contributed by atoms with Gasteiger partial charge in [0.05, 0.1) is 24.9 Å². The van der Waals surface area contributed by atoms with Crippen LogP contribution in [0.4, 0.5) is 0 Å². The van der Waals surface area contributed by atoms with Gasteiger partial charge in [-0.05, 0) is 48.5 Å². The lowest BCUT2D eigenvalue weighted by Gasteiger charge is -2.27. The number of allylic oxidation sites excluding steroid dienone is 2. The molecule has 0 aromatic carbocycles. The van der Waals surface area contributed by atoms with Gasteiger partial charge in [0.25, 0.3) is 0 Å². The molecule has 0 saturated heterocycles. The predicted octanol–water partition coefficient (Wildman–Crippen LogP) is 3.12. The maximum Gasteiger partial charge on any atom is 0.0876 e. The summed E-state index contributed by atoms with van der Waals surface area (Å²) in [6, 6.07) is 4.07. The highest BCUT2D eigenvalue weighted by Gasteiger charge is 2.57. The average Bonchev–Trinajstić information content (AvgIpc) is 3.10. The maximum atomic E-state index is 10.4. The summed E-state index contributed by atoms with van der Waals surface area (Å²) in [6.07, 6.45) is 6.73. The Morgan fingerprint density at radius 1 is 1.43 bits per heavy atom. The van der Waals surface area contributed by atoms with Gasteiger partial charge in [-0.1, -0.05) is 25.1 Å². The first-order chi connectivity index (χ1) is 10.1. The number of fused-ring (bicyclic) bond motifs is 1. The molecule has 3 rings (SSSR count). The van der Waals surface area contributed by atoms with Crippen LogP contribution in [0.5, 0.6) is 0 Å². The minimum atomic E-state index is -0.427. The summed E-state index contributed by atoms with van der Waals surface area (Å²) in [7, 11) is 0. The quantitative estimate of drug-likeness (QED) is 0.822. The third kappa shape index (κ3) is 2.95. The van der Waals surface area contributed by atoms with E-state index in [0.717, 1.165) is 19.3 Å². The Morgan fingerprint density at radius 2 is 2.29 bits per heavy atom. The first-order valence-electron chi connectivity index (χ1n) is 7.82. The summed E-state index contributed by atoms with van der Waals surface area (Å²) in [5, 5.41) is 22.6. The zero-order chi connectivity index (χ0) is 14.9. The number of hydrogen-bond acceptors (Lipinski definition) is 4. The van der Waals surface area contributed by atoms with Crippen LogP contribution in [0.2, 0.25) is 0 Å². The first-order valence-corrected chi connectivity index (χ1v) is 8.70. The minimum Gasteiger partial charge on any atom is -0.393 e. The highest BCUT2D eigenvalue weighted by Crippen LogP contribution is 2.56. The van der Waals surface area contributed by atoms with Gasteiger partial charge in [0.15, 0.2) is 0 Å². The molecule has 5 atom stereocenters. The van der Waals surface area contributed by atoms with Gasteiger partial charge in [-0.15, -0.1) is 11.3 Å². The molecule has 2 aliphatic rings. The average molecular weight is 308 g/mol. The fourth-order valence-corrected chi connectivity index (χ4v) is 4.71. The van der Waals surface area contributed by atoms with Gasteiger partial charge in [0, 0.05) is 4.88 Å². The van der Waals surface area contributed by atoms with Crippen molar-refractivity contribution in [2.75, 3.05) is 0 Å². The van der Waals surface area contributed by atoms with E-state index in [0.29, 0.717) is 13.0 Å². The Bertz CT molecular complexity index is 484. The van der Waals surface area contributed by atoms with Crippen molar-refractivity contribution in [3.05, 3.63) is 34.5 Å². The Labute approximate surface area is 130 Å². The highest BCUT2D eigenvalue weighted by molar-refractivity contribution is 7.09. The minimum absolute atomic E-state index is 0.0744. The van der Waals surface area contributed by atoms with E-state index in [-0.39, 0.29) is 23.5 Å². The Hall–Kier alpha value is -0.680. The van der Waals surface area contributed by atoms with Crippen molar-refractivity contribution in [1.29, 1.82) is 0 Å². The number of rotatable bonds is 5. The van der Waals surface area contributed by atoms with Gasteiger partial charge in [-0.2, -0.15) is 0 Å². The van der Waals surface area contributed by atoms with Crippen LogP contribution in [0.3, 0.4) is 0 Å². The van der Waals surface area contributed by atoms with Crippen molar-refractivity contribution in [2.24, 2.45) is 11.3 Å². The second kappa shape index (κ2) is 6.21. The molecule has 4 heteroatoms. The lowest BCUT2D eigenvalue weighted by Crippen LogP contribution is -2.30. The molecule has 2 saturated carbocycles. The van der Waals surface area contributed by atoms with E-state index in [9.17, 15) is 10.2 Å². The van der Waals surface area contributed by atoms with Crippen LogP contribution >= 0.6 is 11.3 Å². The third-order valence-electron chi connectivity index (χ3n) is 4.93. The van der Waals surface area contributed by atoms with Crippen LogP contribution in [0.1, 0.15) is 37.5 Å². The molecule has 2 aliphatic carbocycles. The van der Waals surface area contributed by atoms with E-state index in [1.165, 1.54) is 4.88 Å². The first kappa shape index (κ1) is 15.2. The number of aliphatic hydroxyl groups excluding tert-OH is 2. The summed E-state index contributed by atoms with van der Waals surface area (Å²) >= 11 is 1.68. The summed E-state index contributed by atoms with van der Waals surface area (Å²) in [6.45, 7) is 2.67. The van der Waals surface area contributed by atoms with E-state index < -0.39 is 6.10 Å². The Balaban J connectivity index is 1.74. The van der Waals surface area contributed by atoms with Crippen LogP contribution in [0, 0.1) is 11.3 Å². The van der Waals surface area contributed by atoms with Crippen molar-refractivity contribution in [3.8, 4) is 0 Å². The lowest BCUT2D eigenvalue weighted by molar-refractivity contribution is -0.0526. The molecule has 1 aromatic heterocycles. The molecule has 116 valence electrons. The molecule has 0 amide bonds. The van der Waals surface area contributed by atoms with Gasteiger partial charge >= 0.3 is 0 Å². The van der Waals surface area contributed by atoms with E-state index in [1.807, 2.05) is 11.4 Å². The standard InChI is InChI=1S/C17H24O3S/c1-2-3-6-17-9-12(18)8-14(17)16(15(19)10-17)20-11-13-5-4-7-21-13/h3-7,12,14-16,18-19H,2,8-11H2,1H3. The monoisotopic (exact) mass is 308 g/mol. The van der Waals surface area contributed by atoms with Crippen LogP contribution in [-0.2, 0) is 11.3 Å². The second-order valence-corrected chi connectivity index (χ2v) is 7.40. The third-order valence-corrected chi connectivity index (χ3v) is 5.78. The fraction of sp³-hybridized carbons (Fsp3) is 0.647. The predicted molar refractivity (Wildman–Crippen MR) is 84.1 cm³/mol. The van der Waals surface area contributed by atoms with Crippen LogP contribution in [0.15, 0.2) is 29.7 Å². The molecule has 0 aliphatic heterocycles. The molecule has 0 radical (unpaired) electrons. The Kier molecular flexibility index (Phi) is 4.50. The van der Waals surface area contributed by atoms with Crippen molar-refractivity contribution in [2.45, 2.75) is 57.5 Å². The van der Waals surface area contributed by atoms with E-state index in [2.05, 4.69) is 25.1 Å². The molecular formula is C17H24O3S. The highest BCUT2D eigenvalue weighted by atomic mass is 32.1. The molecule has 1 aromatic rings. The lowest BCUT2D eigenvalue weighted by atomic mass is 9.79. The summed E-state index contributed by atoms with van der Waals surface area (Å²) < 4.78 is 6.04. The normalized spacial score (nSPS) is 39.2. The summed E-state index contributed by atoms with van der Waals surface area (Å²) in [5.41, 5.74) is -0.0744. The van der Waals surface area contributed by atoms with Gasteiger partial charge in [0.1, 0.15) is 0 Å². The van der Waals surface area contributed by atoms with Crippen molar-refractivity contribution in [1.82, 2.24) is 0 Å². The Morgan fingerprint density at radius 3 is 3.00 bits per heavy atom. The molecule has 21 heavy (non-hydrogen) atoms. The van der Waals surface area contributed by atoms with Crippen LogP contribution in [0.25, 0.3) is 0 Å². The SMILES string of the molecule is CCC=CC12CC(O)CC1C(OCc1cccs1)C(O)C2. The zero-order valence-electron chi connectivity index (χ0n) is 12.4. The summed E-state index contributed by atoms with van der Waals surface area (Å²) in [4.78, 5) is 1.18. The van der Waals surface area contributed by atoms with Crippen molar-refractivity contribution in [3.63, 3.8) is 0 Å². The van der Waals surface area contributed by atoms with Crippen molar-refractivity contribution < 1.29 is 14.9 Å². The molecule has 0 bridgehead atoms. The molecule has 2 N–H and O–H groups in total. The number of hydrogen-bond donors (Lipinski definition) is 2. The topological polar surface area (TPSA) is 49.7 Å². The van der Waals surface area contributed by atoms with Crippen LogP contribution in [-0.4, -0.2) is 28.5 Å². The van der Waals surface area contributed by atoms with E-state index in [4.69, 9.17) is 4.74 Å². The second-order valence-electron chi connectivity index (χ2n) is 6.37. The fourth-order valence-electron chi connectivity index (χ4n) is 4.08. The van der Waals surface area contributed by atoms with Gasteiger partial charge in [0.2, 0.25) is 0 Å².